The lowest BCUT2D eigenvalue weighted by atomic mass is 10.2. The molecule has 26 heavy (non-hydrogen) atoms. The van der Waals surface area contributed by atoms with Crippen LogP contribution in [-0.2, 0) is 17.9 Å². The van der Waals surface area contributed by atoms with Crippen LogP contribution in [0.5, 0.6) is 5.75 Å². The second-order valence-corrected chi connectivity index (χ2v) is 6.91. The normalized spacial score (nSPS) is 15.3. The maximum absolute atomic E-state index is 12.5. The van der Waals surface area contributed by atoms with Crippen molar-refractivity contribution in [3.05, 3.63) is 47.3 Å². The van der Waals surface area contributed by atoms with Gasteiger partial charge in [0, 0.05) is 51.4 Å². The Morgan fingerprint density at radius 1 is 1.12 bits per heavy atom. The molecule has 2 aromatic rings. The summed E-state index contributed by atoms with van der Waals surface area (Å²) in [4.78, 5) is 16.9. The molecule has 0 unspecified atom stereocenters. The van der Waals surface area contributed by atoms with E-state index in [1.165, 1.54) is 5.56 Å². The Labute approximate surface area is 155 Å². The third-order valence-corrected chi connectivity index (χ3v) is 4.93. The van der Waals surface area contributed by atoms with E-state index in [1.54, 1.807) is 7.11 Å². The number of benzene rings is 1. The summed E-state index contributed by atoms with van der Waals surface area (Å²) < 4.78 is 7.12. The van der Waals surface area contributed by atoms with Crippen molar-refractivity contribution in [2.75, 3.05) is 33.3 Å². The first kappa shape index (κ1) is 18.5. The van der Waals surface area contributed by atoms with E-state index in [2.05, 4.69) is 22.1 Å². The van der Waals surface area contributed by atoms with Gasteiger partial charge in [-0.2, -0.15) is 5.10 Å². The summed E-state index contributed by atoms with van der Waals surface area (Å²) >= 11 is 0. The zero-order valence-corrected chi connectivity index (χ0v) is 15.9. The molecule has 2 heterocycles. The molecule has 0 atom stereocenters. The molecule has 0 aliphatic carbocycles. The van der Waals surface area contributed by atoms with Crippen LogP contribution in [0, 0.1) is 13.8 Å². The topological polar surface area (TPSA) is 50.6 Å². The summed E-state index contributed by atoms with van der Waals surface area (Å²) in [5.74, 6) is 1.11. The van der Waals surface area contributed by atoms with Crippen molar-refractivity contribution in [2.24, 2.45) is 0 Å². The number of carbonyl (C=O) groups is 1. The first-order valence-corrected chi connectivity index (χ1v) is 9.19. The summed E-state index contributed by atoms with van der Waals surface area (Å²) in [7, 11) is 1.68. The number of methoxy groups -OCH3 is 1. The van der Waals surface area contributed by atoms with Crippen LogP contribution < -0.4 is 4.74 Å². The van der Waals surface area contributed by atoms with Crippen LogP contribution in [-0.4, -0.2) is 58.8 Å². The number of aryl methyl sites for hydroxylation is 3. The monoisotopic (exact) mass is 356 g/mol. The molecule has 1 saturated heterocycles. The maximum Gasteiger partial charge on any atom is 0.224 e. The average Bonchev–Trinajstić information content (AvgIpc) is 2.98. The second kappa shape index (κ2) is 8.36. The van der Waals surface area contributed by atoms with Crippen molar-refractivity contribution in [3.63, 3.8) is 0 Å². The molecule has 0 N–H and O–H groups in total. The van der Waals surface area contributed by atoms with Crippen LogP contribution in [0.15, 0.2) is 30.3 Å². The summed E-state index contributed by atoms with van der Waals surface area (Å²) in [6.45, 7) is 9.01. The third-order valence-electron chi connectivity index (χ3n) is 4.93. The Kier molecular flexibility index (Phi) is 5.93. The van der Waals surface area contributed by atoms with E-state index in [4.69, 9.17) is 4.74 Å². The summed E-state index contributed by atoms with van der Waals surface area (Å²) in [6.07, 6.45) is 0.514. The first-order chi connectivity index (χ1) is 12.5. The SMILES string of the molecule is COc1ccc(CN2CCN(C(=O)CCn3nc(C)cc3C)CC2)cc1. The van der Waals surface area contributed by atoms with Gasteiger partial charge in [-0.1, -0.05) is 12.1 Å². The number of rotatable bonds is 6. The van der Waals surface area contributed by atoms with Crippen LogP contribution in [0.3, 0.4) is 0 Å². The fraction of sp³-hybridized carbons (Fsp3) is 0.500. The Morgan fingerprint density at radius 2 is 1.81 bits per heavy atom. The van der Waals surface area contributed by atoms with Crippen LogP contribution in [0.2, 0.25) is 0 Å². The highest BCUT2D eigenvalue weighted by atomic mass is 16.5. The predicted octanol–water partition coefficient (Wildman–Crippen LogP) is 2.24. The summed E-state index contributed by atoms with van der Waals surface area (Å²) in [5.41, 5.74) is 3.39. The Morgan fingerprint density at radius 3 is 2.38 bits per heavy atom. The van der Waals surface area contributed by atoms with Gasteiger partial charge in [0.2, 0.25) is 5.91 Å². The van der Waals surface area contributed by atoms with Crippen molar-refractivity contribution in [2.45, 2.75) is 33.4 Å². The van der Waals surface area contributed by atoms with E-state index in [-0.39, 0.29) is 5.91 Å². The van der Waals surface area contributed by atoms with Crippen molar-refractivity contribution in [1.29, 1.82) is 0 Å². The van der Waals surface area contributed by atoms with Gasteiger partial charge in [0.25, 0.3) is 0 Å². The number of amides is 1. The first-order valence-electron chi connectivity index (χ1n) is 9.19. The highest BCUT2D eigenvalue weighted by Gasteiger charge is 2.21. The van der Waals surface area contributed by atoms with Gasteiger partial charge in [0.1, 0.15) is 5.75 Å². The van der Waals surface area contributed by atoms with Crippen molar-refractivity contribution in [1.82, 2.24) is 19.6 Å². The molecule has 6 nitrogen and oxygen atoms in total. The quantitative estimate of drug-likeness (QED) is 0.797. The predicted molar refractivity (Wildman–Crippen MR) is 101 cm³/mol. The number of hydrogen-bond donors (Lipinski definition) is 0. The zero-order valence-electron chi connectivity index (χ0n) is 15.9. The molecule has 1 aromatic heterocycles. The molecule has 0 saturated carbocycles. The van der Waals surface area contributed by atoms with E-state index in [0.29, 0.717) is 13.0 Å². The van der Waals surface area contributed by atoms with Gasteiger partial charge >= 0.3 is 0 Å². The van der Waals surface area contributed by atoms with Gasteiger partial charge < -0.3 is 9.64 Å². The molecular weight excluding hydrogens is 328 g/mol. The van der Waals surface area contributed by atoms with Crippen molar-refractivity contribution >= 4 is 5.91 Å². The van der Waals surface area contributed by atoms with Crippen LogP contribution in [0.25, 0.3) is 0 Å². The smallest absolute Gasteiger partial charge is 0.224 e. The summed E-state index contributed by atoms with van der Waals surface area (Å²) in [6, 6.07) is 10.2. The van der Waals surface area contributed by atoms with E-state index < -0.39 is 0 Å². The van der Waals surface area contributed by atoms with Crippen molar-refractivity contribution in [3.8, 4) is 5.75 Å². The molecule has 0 bridgehead atoms. The minimum atomic E-state index is 0.224. The second-order valence-electron chi connectivity index (χ2n) is 6.91. The lowest BCUT2D eigenvalue weighted by Gasteiger charge is -2.34. The maximum atomic E-state index is 12.5. The van der Waals surface area contributed by atoms with Crippen LogP contribution in [0.4, 0.5) is 0 Å². The van der Waals surface area contributed by atoms with Gasteiger partial charge in [0.15, 0.2) is 0 Å². The number of hydrogen-bond acceptors (Lipinski definition) is 4. The molecule has 1 aromatic carbocycles. The van der Waals surface area contributed by atoms with Gasteiger partial charge in [-0.3, -0.25) is 14.4 Å². The largest absolute Gasteiger partial charge is 0.497 e. The fourth-order valence-corrected chi connectivity index (χ4v) is 3.41. The van der Waals surface area contributed by atoms with Gasteiger partial charge in [-0.15, -0.1) is 0 Å². The molecule has 140 valence electrons. The summed E-state index contributed by atoms with van der Waals surface area (Å²) in [5, 5.41) is 4.43. The Balaban J connectivity index is 1.43. The van der Waals surface area contributed by atoms with Gasteiger partial charge in [0.05, 0.1) is 12.8 Å². The minimum absolute atomic E-state index is 0.224. The lowest BCUT2D eigenvalue weighted by molar-refractivity contribution is -0.133. The minimum Gasteiger partial charge on any atom is -0.497 e. The standard InChI is InChI=1S/C20H28N4O2/c1-16-14-17(2)24(21-16)9-8-20(25)23-12-10-22(11-13-23)15-18-4-6-19(26-3)7-5-18/h4-7,14H,8-13,15H2,1-3H3. The van der Waals surface area contributed by atoms with Crippen LogP contribution in [0.1, 0.15) is 23.4 Å². The van der Waals surface area contributed by atoms with Gasteiger partial charge in [-0.05, 0) is 37.6 Å². The molecule has 1 amide bonds. The van der Waals surface area contributed by atoms with Gasteiger partial charge in [-0.25, -0.2) is 0 Å². The molecule has 0 spiro atoms. The lowest BCUT2D eigenvalue weighted by Crippen LogP contribution is -2.48. The molecule has 1 aliphatic heterocycles. The molecule has 1 aliphatic rings. The van der Waals surface area contributed by atoms with E-state index in [9.17, 15) is 4.79 Å². The molecule has 6 heteroatoms. The third kappa shape index (κ3) is 4.64. The number of piperazine rings is 1. The number of ether oxygens (including phenoxy) is 1. The Hall–Kier alpha value is -2.34. The molecule has 0 radical (unpaired) electrons. The van der Waals surface area contributed by atoms with Crippen LogP contribution >= 0.6 is 0 Å². The highest BCUT2D eigenvalue weighted by molar-refractivity contribution is 5.76. The highest BCUT2D eigenvalue weighted by Crippen LogP contribution is 2.14. The van der Waals surface area contributed by atoms with E-state index in [1.807, 2.05) is 41.6 Å². The van der Waals surface area contributed by atoms with E-state index >= 15 is 0 Å². The molecule has 3 rings (SSSR count). The zero-order chi connectivity index (χ0) is 18.5. The number of aromatic nitrogens is 2. The van der Waals surface area contributed by atoms with E-state index in [0.717, 1.165) is 49.9 Å². The van der Waals surface area contributed by atoms with Crippen molar-refractivity contribution < 1.29 is 9.53 Å². The molecular formula is C20H28N4O2. The molecule has 1 fully saturated rings. The number of carbonyl (C=O) groups excluding carboxylic acids is 1. The number of nitrogens with zero attached hydrogens (tertiary/aromatic N) is 4. The Bertz CT molecular complexity index is 731. The fourth-order valence-electron chi connectivity index (χ4n) is 3.41. The average molecular weight is 356 g/mol.